The molecule has 0 radical (unpaired) electrons. The maximum atomic E-state index is 13.0. The maximum absolute atomic E-state index is 13.0. The molecule has 0 bridgehead atoms. The van der Waals surface area contributed by atoms with Gasteiger partial charge in [0.15, 0.2) is 0 Å². The first kappa shape index (κ1) is 19.7. The van der Waals surface area contributed by atoms with E-state index in [1.165, 1.54) is 12.1 Å². The highest BCUT2D eigenvalue weighted by atomic mass is 35.5. The summed E-state index contributed by atoms with van der Waals surface area (Å²) < 4.78 is 5.87. The molecule has 0 fully saturated rings. The smallest absolute Gasteiger partial charge is 0.262 e. The molecule has 0 aliphatic carbocycles. The van der Waals surface area contributed by atoms with Gasteiger partial charge >= 0.3 is 0 Å². The van der Waals surface area contributed by atoms with Crippen LogP contribution in [-0.2, 0) is 0 Å². The molecular formula is C23H18ClN3O3. The van der Waals surface area contributed by atoms with E-state index in [4.69, 9.17) is 16.0 Å². The highest BCUT2D eigenvalue weighted by Gasteiger charge is 2.14. The van der Waals surface area contributed by atoms with E-state index < -0.39 is 5.91 Å². The van der Waals surface area contributed by atoms with Gasteiger partial charge in [-0.15, -0.1) is 0 Å². The van der Waals surface area contributed by atoms with Crippen molar-refractivity contribution in [3.63, 3.8) is 0 Å². The van der Waals surface area contributed by atoms with Crippen LogP contribution in [-0.4, -0.2) is 16.0 Å². The predicted molar refractivity (Wildman–Crippen MR) is 116 cm³/mol. The van der Waals surface area contributed by atoms with Gasteiger partial charge in [0.1, 0.15) is 22.7 Å². The predicted octanol–water partition coefficient (Wildman–Crippen LogP) is 5.29. The number of hydrogen-bond donors (Lipinski definition) is 2. The molecule has 0 saturated carbocycles. The topological polar surface area (TPSA) is 87.7 Å². The summed E-state index contributed by atoms with van der Waals surface area (Å²) in [6, 6.07) is 15.2. The zero-order valence-corrected chi connectivity index (χ0v) is 17.1. The number of nitrogens with zero attached hydrogens (tertiary/aromatic N) is 2. The first-order chi connectivity index (χ1) is 14.4. The van der Waals surface area contributed by atoms with Crippen LogP contribution in [0.3, 0.4) is 0 Å². The van der Waals surface area contributed by atoms with Crippen LogP contribution in [0, 0.1) is 13.8 Å². The van der Waals surface area contributed by atoms with E-state index in [1.54, 1.807) is 36.5 Å². The number of nitrogens with one attached hydrogen (secondary N) is 1. The van der Waals surface area contributed by atoms with Gasteiger partial charge in [-0.1, -0.05) is 23.7 Å². The molecule has 7 heteroatoms. The number of hydrogen-bond acceptors (Lipinski definition) is 5. The van der Waals surface area contributed by atoms with Gasteiger partial charge in [-0.3, -0.25) is 4.79 Å². The van der Waals surface area contributed by atoms with Crippen molar-refractivity contribution >= 4 is 40.0 Å². The molecule has 0 aliphatic heterocycles. The molecule has 2 aromatic heterocycles. The van der Waals surface area contributed by atoms with Gasteiger partial charge in [-0.25, -0.2) is 9.98 Å². The number of phenolic OH excluding ortho intramolecular Hbond substituents is 1. The van der Waals surface area contributed by atoms with Gasteiger partial charge in [0.05, 0.1) is 5.69 Å². The van der Waals surface area contributed by atoms with E-state index >= 15 is 0 Å². The lowest BCUT2D eigenvalue weighted by molar-refractivity contribution is 0.102. The highest BCUT2D eigenvalue weighted by Crippen LogP contribution is 2.23. The molecule has 0 saturated heterocycles. The summed E-state index contributed by atoms with van der Waals surface area (Å²) in [6.07, 6.45) is 1.67. The van der Waals surface area contributed by atoms with Gasteiger partial charge in [0, 0.05) is 22.7 Å². The molecule has 1 amide bonds. The Labute approximate surface area is 177 Å². The standard InChI is InChI=1S/C23H18ClN3O3/c1-13-3-8-21(25-12-13)27-22(29)18-9-15-5-7-17(28)11-20(15)30-23(18)26-16-6-4-14(2)19(24)10-16/h3-12,28H,1-2H3,(H,25,27,29). The monoisotopic (exact) mass is 419 g/mol. The van der Waals surface area contributed by atoms with Crippen molar-refractivity contribution in [2.24, 2.45) is 4.99 Å². The summed E-state index contributed by atoms with van der Waals surface area (Å²) in [5.74, 6) is 0.0550. The van der Waals surface area contributed by atoms with Crippen molar-refractivity contribution in [2.45, 2.75) is 13.8 Å². The fourth-order valence-electron chi connectivity index (χ4n) is 2.85. The quantitative estimate of drug-likeness (QED) is 0.472. The van der Waals surface area contributed by atoms with Crippen LogP contribution in [0.4, 0.5) is 11.5 Å². The molecule has 0 unspecified atom stereocenters. The minimum Gasteiger partial charge on any atom is -0.508 e. The number of anilines is 1. The number of carbonyl (C=O) groups excluding carboxylic acids is 1. The number of aromatic nitrogens is 1. The fraction of sp³-hybridized carbons (Fsp3) is 0.0870. The number of aromatic hydroxyl groups is 1. The van der Waals surface area contributed by atoms with E-state index in [1.807, 2.05) is 26.0 Å². The summed E-state index contributed by atoms with van der Waals surface area (Å²) in [5, 5.41) is 13.7. The van der Waals surface area contributed by atoms with Crippen LogP contribution in [0.15, 0.2) is 70.2 Å². The molecule has 0 aliphatic rings. The van der Waals surface area contributed by atoms with Gasteiger partial charge < -0.3 is 14.8 Å². The Bertz CT molecular complexity index is 1330. The number of benzene rings is 2. The Morgan fingerprint density at radius 1 is 1.10 bits per heavy atom. The Kier molecular flexibility index (Phi) is 5.25. The number of rotatable bonds is 3. The third-order valence-electron chi connectivity index (χ3n) is 4.52. The van der Waals surface area contributed by atoms with Crippen molar-refractivity contribution in [3.8, 4) is 5.75 Å². The Hall–Kier alpha value is -3.64. The average Bonchev–Trinajstić information content (AvgIpc) is 2.72. The highest BCUT2D eigenvalue weighted by molar-refractivity contribution is 6.31. The second-order valence-electron chi connectivity index (χ2n) is 6.91. The van der Waals surface area contributed by atoms with Crippen molar-refractivity contribution in [1.29, 1.82) is 0 Å². The Morgan fingerprint density at radius 2 is 1.93 bits per heavy atom. The molecule has 2 N–H and O–H groups in total. The van der Waals surface area contributed by atoms with E-state index in [2.05, 4.69) is 15.3 Å². The molecule has 6 nitrogen and oxygen atoms in total. The number of pyridine rings is 1. The summed E-state index contributed by atoms with van der Waals surface area (Å²) in [4.78, 5) is 21.7. The fourth-order valence-corrected chi connectivity index (χ4v) is 3.02. The van der Waals surface area contributed by atoms with Crippen molar-refractivity contribution in [2.75, 3.05) is 5.32 Å². The molecule has 2 heterocycles. The summed E-state index contributed by atoms with van der Waals surface area (Å²) >= 11 is 6.21. The normalized spacial score (nSPS) is 11.6. The van der Waals surface area contributed by atoms with Crippen LogP contribution in [0.1, 0.15) is 21.5 Å². The molecule has 150 valence electrons. The van der Waals surface area contributed by atoms with E-state index in [0.717, 1.165) is 11.1 Å². The van der Waals surface area contributed by atoms with Gasteiger partial charge in [0.25, 0.3) is 5.91 Å². The lowest BCUT2D eigenvalue weighted by atomic mass is 10.1. The zero-order chi connectivity index (χ0) is 21.3. The summed E-state index contributed by atoms with van der Waals surface area (Å²) in [6.45, 7) is 3.81. The maximum Gasteiger partial charge on any atom is 0.262 e. The summed E-state index contributed by atoms with van der Waals surface area (Å²) in [7, 11) is 0. The SMILES string of the molecule is Cc1ccc(NC(=O)c2cc3ccc(O)cc3oc2=Nc2ccc(C)c(Cl)c2)nc1. The van der Waals surface area contributed by atoms with Crippen molar-refractivity contribution in [3.05, 3.63) is 88.1 Å². The Morgan fingerprint density at radius 3 is 2.67 bits per heavy atom. The minimum atomic E-state index is -0.415. The molecular weight excluding hydrogens is 402 g/mol. The number of phenols is 1. The van der Waals surface area contributed by atoms with Crippen LogP contribution in [0.25, 0.3) is 11.0 Å². The lowest BCUT2D eigenvalue weighted by Crippen LogP contribution is -2.22. The van der Waals surface area contributed by atoms with Crippen LogP contribution >= 0.6 is 11.6 Å². The third kappa shape index (κ3) is 4.18. The van der Waals surface area contributed by atoms with Crippen LogP contribution in [0.2, 0.25) is 5.02 Å². The number of aryl methyl sites for hydroxylation is 2. The third-order valence-corrected chi connectivity index (χ3v) is 4.92. The summed E-state index contributed by atoms with van der Waals surface area (Å²) in [5.41, 5.74) is 3.16. The Balaban J connectivity index is 1.85. The van der Waals surface area contributed by atoms with Gasteiger partial charge in [-0.2, -0.15) is 0 Å². The average molecular weight is 420 g/mol. The molecule has 4 rings (SSSR count). The number of amides is 1. The minimum absolute atomic E-state index is 0.0524. The second kappa shape index (κ2) is 8.00. The van der Waals surface area contributed by atoms with E-state index in [-0.39, 0.29) is 16.9 Å². The van der Waals surface area contributed by atoms with Crippen LogP contribution in [0.5, 0.6) is 5.75 Å². The van der Waals surface area contributed by atoms with E-state index in [9.17, 15) is 9.90 Å². The number of fused-ring (bicyclic) bond motifs is 1. The first-order valence-corrected chi connectivity index (χ1v) is 9.58. The molecule has 0 atom stereocenters. The second-order valence-corrected chi connectivity index (χ2v) is 7.31. The van der Waals surface area contributed by atoms with Crippen molar-refractivity contribution in [1.82, 2.24) is 4.98 Å². The molecule has 2 aromatic carbocycles. The zero-order valence-electron chi connectivity index (χ0n) is 16.3. The van der Waals surface area contributed by atoms with Crippen molar-refractivity contribution < 1.29 is 14.3 Å². The largest absolute Gasteiger partial charge is 0.508 e. The van der Waals surface area contributed by atoms with Gasteiger partial charge in [-0.05, 0) is 61.4 Å². The van der Waals surface area contributed by atoms with E-state index in [0.29, 0.717) is 27.5 Å². The molecule has 30 heavy (non-hydrogen) atoms. The lowest BCUT2D eigenvalue weighted by Gasteiger charge is -2.07. The number of halogens is 1. The van der Waals surface area contributed by atoms with Crippen LogP contribution < -0.4 is 10.9 Å². The molecule has 4 aromatic rings. The van der Waals surface area contributed by atoms with Gasteiger partial charge in [0.2, 0.25) is 5.55 Å². The molecule has 0 spiro atoms. The first-order valence-electron chi connectivity index (χ1n) is 9.21. The number of carbonyl (C=O) groups is 1.